The number of aromatic nitrogens is 2. The summed E-state index contributed by atoms with van der Waals surface area (Å²) in [4.78, 5) is 16.7. The van der Waals surface area contributed by atoms with E-state index in [0.29, 0.717) is 5.92 Å². The van der Waals surface area contributed by atoms with Gasteiger partial charge in [0.25, 0.3) is 5.56 Å². The molecule has 5 rings (SSSR count). The molecule has 0 N–H and O–H groups in total. The van der Waals surface area contributed by atoms with E-state index < -0.39 is 0 Å². The molecule has 140 valence electrons. The lowest BCUT2D eigenvalue weighted by molar-refractivity contribution is 0.433. The molecule has 0 aliphatic carbocycles. The molecule has 0 amide bonds. The van der Waals surface area contributed by atoms with Crippen LogP contribution in [0.1, 0.15) is 6.42 Å². The van der Waals surface area contributed by atoms with E-state index >= 15 is 0 Å². The van der Waals surface area contributed by atoms with Crippen LogP contribution < -0.4 is 10.5 Å². The molecule has 2 aliphatic heterocycles. The standard InChI is InChI=1S/C23H22N4O/c1-25-15-19-12-14-26(22(19)16-25)20-8-4-17(5-9-20)18-6-10-21(11-7-18)27-23(28)3-2-13-24-27/h2-11,13,16,19H,12,14-15H2,1H3. The smallest absolute Gasteiger partial charge is 0.271 e. The van der Waals surface area contributed by atoms with E-state index in [1.807, 2.05) is 24.3 Å². The van der Waals surface area contributed by atoms with Crippen LogP contribution in [0.15, 0.2) is 83.6 Å². The number of nitrogens with zero attached hydrogens (tertiary/aromatic N) is 4. The minimum Gasteiger partial charge on any atom is -0.378 e. The minimum atomic E-state index is -0.129. The van der Waals surface area contributed by atoms with Gasteiger partial charge in [0, 0.05) is 55.9 Å². The van der Waals surface area contributed by atoms with E-state index in [-0.39, 0.29) is 5.56 Å². The molecule has 1 aromatic heterocycles. The number of fused-ring (bicyclic) bond motifs is 1. The van der Waals surface area contributed by atoms with E-state index in [2.05, 4.69) is 52.4 Å². The van der Waals surface area contributed by atoms with Gasteiger partial charge in [-0.1, -0.05) is 24.3 Å². The quantitative estimate of drug-likeness (QED) is 0.707. The Morgan fingerprint density at radius 1 is 0.929 bits per heavy atom. The van der Waals surface area contributed by atoms with Crippen molar-refractivity contribution in [3.63, 3.8) is 0 Å². The van der Waals surface area contributed by atoms with E-state index in [0.717, 1.165) is 29.9 Å². The van der Waals surface area contributed by atoms with Crippen LogP contribution in [-0.4, -0.2) is 34.8 Å². The highest BCUT2D eigenvalue weighted by molar-refractivity contribution is 5.68. The molecule has 5 nitrogen and oxygen atoms in total. The van der Waals surface area contributed by atoms with E-state index in [1.54, 1.807) is 12.3 Å². The maximum absolute atomic E-state index is 11.9. The molecule has 5 heteroatoms. The van der Waals surface area contributed by atoms with Crippen molar-refractivity contribution in [3.05, 3.63) is 89.1 Å². The van der Waals surface area contributed by atoms with Gasteiger partial charge >= 0.3 is 0 Å². The highest BCUT2D eigenvalue weighted by atomic mass is 16.1. The van der Waals surface area contributed by atoms with Gasteiger partial charge in [-0.2, -0.15) is 9.78 Å². The summed E-state index contributed by atoms with van der Waals surface area (Å²) in [7, 11) is 2.15. The van der Waals surface area contributed by atoms with E-state index in [4.69, 9.17) is 0 Å². The fourth-order valence-corrected chi connectivity index (χ4v) is 4.23. The molecule has 1 unspecified atom stereocenters. The first kappa shape index (κ1) is 16.8. The fourth-order valence-electron chi connectivity index (χ4n) is 4.23. The second-order valence-electron chi connectivity index (χ2n) is 7.50. The lowest BCUT2D eigenvalue weighted by atomic mass is 10.0. The van der Waals surface area contributed by atoms with Crippen LogP contribution in [0.2, 0.25) is 0 Å². The van der Waals surface area contributed by atoms with Crippen LogP contribution >= 0.6 is 0 Å². The molecule has 0 bridgehead atoms. The number of hydrogen-bond donors (Lipinski definition) is 0. The molecule has 1 saturated heterocycles. The van der Waals surface area contributed by atoms with Crippen LogP contribution in [0.4, 0.5) is 5.69 Å². The maximum Gasteiger partial charge on any atom is 0.271 e. The molecule has 3 aromatic rings. The Morgan fingerprint density at radius 3 is 2.29 bits per heavy atom. The average molecular weight is 370 g/mol. The molecule has 3 heterocycles. The zero-order valence-corrected chi connectivity index (χ0v) is 15.8. The lowest BCUT2D eigenvalue weighted by Gasteiger charge is -2.20. The Kier molecular flexibility index (Phi) is 4.01. The van der Waals surface area contributed by atoms with Gasteiger partial charge in [-0.15, -0.1) is 0 Å². The fraction of sp³-hybridized carbons (Fsp3) is 0.217. The van der Waals surface area contributed by atoms with Crippen molar-refractivity contribution in [1.82, 2.24) is 14.7 Å². The number of rotatable bonds is 3. The third-order valence-corrected chi connectivity index (χ3v) is 5.63. The Hall–Kier alpha value is -3.34. The maximum atomic E-state index is 11.9. The summed E-state index contributed by atoms with van der Waals surface area (Å²) in [6.07, 6.45) is 5.13. The van der Waals surface area contributed by atoms with Gasteiger partial charge in [0.1, 0.15) is 0 Å². The molecule has 0 saturated carbocycles. The molecule has 1 fully saturated rings. The first-order chi connectivity index (χ1) is 13.7. The van der Waals surface area contributed by atoms with Crippen molar-refractivity contribution in [2.45, 2.75) is 6.42 Å². The van der Waals surface area contributed by atoms with Gasteiger partial charge in [0.2, 0.25) is 0 Å². The van der Waals surface area contributed by atoms with Crippen LogP contribution in [0.3, 0.4) is 0 Å². The van der Waals surface area contributed by atoms with Crippen LogP contribution in [0.5, 0.6) is 0 Å². The Bertz CT molecular complexity index is 1080. The van der Waals surface area contributed by atoms with Gasteiger partial charge in [-0.3, -0.25) is 4.79 Å². The Balaban J connectivity index is 1.38. The average Bonchev–Trinajstić information content (AvgIpc) is 3.28. The van der Waals surface area contributed by atoms with Crippen LogP contribution in [-0.2, 0) is 0 Å². The van der Waals surface area contributed by atoms with Crippen molar-refractivity contribution in [2.24, 2.45) is 5.92 Å². The highest BCUT2D eigenvalue weighted by Gasteiger charge is 2.33. The topological polar surface area (TPSA) is 41.4 Å². The molecular formula is C23H22N4O. The van der Waals surface area contributed by atoms with Gasteiger partial charge in [0.15, 0.2) is 0 Å². The number of hydrogen-bond acceptors (Lipinski definition) is 4. The Labute approximate surface area is 164 Å². The SMILES string of the molecule is CN1C=C2C(CCN2c2ccc(-c3ccc(-n4ncccc4=O)cc3)cc2)C1. The summed E-state index contributed by atoms with van der Waals surface area (Å²) in [6.45, 7) is 2.23. The molecule has 2 aliphatic rings. The molecule has 0 spiro atoms. The second-order valence-corrected chi connectivity index (χ2v) is 7.50. The van der Waals surface area contributed by atoms with Gasteiger partial charge in [-0.05, 0) is 47.9 Å². The molecule has 1 atom stereocenters. The number of anilines is 1. The van der Waals surface area contributed by atoms with Crippen LogP contribution in [0.25, 0.3) is 16.8 Å². The minimum absolute atomic E-state index is 0.129. The van der Waals surface area contributed by atoms with Gasteiger partial charge in [-0.25, -0.2) is 0 Å². The monoisotopic (exact) mass is 370 g/mol. The zero-order valence-electron chi connectivity index (χ0n) is 15.8. The highest BCUT2D eigenvalue weighted by Crippen LogP contribution is 2.37. The van der Waals surface area contributed by atoms with Crippen molar-refractivity contribution >= 4 is 5.69 Å². The van der Waals surface area contributed by atoms with Gasteiger partial charge < -0.3 is 9.80 Å². The van der Waals surface area contributed by atoms with Gasteiger partial charge in [0.05, 0.1) is 5.69 Å². The van der Waals surface area contributed by atoms with E-state index in [9.17, 15) is 4.79 Å². The van der Waals surface area contributed by atoms with Crippen molar-refractivity contribution in [2.75, 3.05) is 25.0 Å². The predicted octanol–water partition coefficient (Wildman–Crippen LogP) is 3.51. The second kappa shape index (κ2) is 6.68. The summed E-state index contributed by atoms with van der Waals surface area (Å²) in [5, 5.41) is 4.13. The van der Waals surface area contributed by atoms with Crippen LogP contribution in [0, 0.1) is 5.92 Å². The van der Waals surface area contributed by atoms with E-state index in [1.165, 1.54) is 28.6 Å². The normalized spacial score (nSPS) is 18.3. The summed E-state index contributed by atoms with van der Waals surface area (Å²) in [5.41, 5.74) is 5.63. The third-order valence-electron chi connectivity index (χ3n) is 5.63. The lowest BCUT2D eigenvalue weighted by Crippen LogP contribution is -2.18. The molecule has 28 heavy (non-hydrogen) atoms. The summed E-state index contributed by atoms with van der Waals surface area (Å²) < 4.78 is 1.41. The third kappa shape index (κ3) is 2.89. The summed E-state index contributed by atoms with van der Waals surface area (Å²) in [5.74, 6) is 0.673. The Morgan fingerprint density at radius 2 is 1.61 bits per heavy atom. The molecule has 0 radical (unpaired) electrons. The number of benzene rings is 2. The van der Waals surface area contributed by atoms with Crippen molar-refractivity contribution in [1.29, 1.82) is 0 Å². The molecule has 2 aromatic carbocycles. The molecular weight excluding hydrogens is 348 g/mol. The summed E-state index contributed by atoms with van der Waals surface area (Å²) >= 11 is 0. The van der Waals surface area contributed by atoms with Crippen molar-refractivity contribution in [3.8, 4) is 16.8 Å². The first-order valence-corrected chi connectivity index (χ1v) is 9.64. The summed E-state index contributed by atoms with van der Waals surface area (Å²) in [6, 6.07) is 19.8. The first-order valence-electron chi connectivity index (χ1n) is 9.64. The van der Waals surface area contributed by atoms with Crippen molar-refractivity contribution < 1.29 is 0 Å². The predicted molar refractivity (Wildman–Crippen MR) is 111 cm³/mol. The zero-order chi connectivity index (χ0) is 19.1. The largest absolute Gasteiger partial charge is 0.378 e.